The number of fused-ring (bicyclic) bond motifs is 1. The van der Waals surface area contributed by atoms with Crippen molar-refractivity contribution >= 4 is 61.4 Å². The van der Waals surface area contributed by atoms with Gasteiger partial charge in [0.05, 0.1) is 40.7 Å². The average molecular weight is 820 g/mol. The first-order valence-corrected chi connectivity index (χ1v) is 20.7. The third-order valence-electron chi connectivity index (χ3n) is 8.06. The first-order valence-electron chi connectivity index (χ1n) is 18.5. The molecule has 57 heavy (non-hydrogen) atoms. The minimum absolute atomic E-state index is 0.0174. The van der Waals surface area contributed by atoms with Crippen LogP contribution in [-0.4, -0.2) is 86.0 Å². The summed E-state index contributed by atoms with van der Waals surface area (Å²) in [4.78, 5) is 42.1. The van der Waals surface area contributed by atoms with E-state index in [9.17, 15) is 18.0 Å². The van der Waals surface area contributed by atoms with Crippen LogP contribution >= 0.6 is 11.3 Å². The monoisotopic (exact) mass is 819 g/mol. The van der Waals surface area contributed by atoms with Gasteiger partial charge in [0.2, 0.25) is 0 Å². The molecule has 2 amide bonds. The van der Waals surface area contributed by atoms with E-state index in [1.807, 2.05) is 13.0 Å². The lowest BCUT2D eigenvalue weighted by Gasteiger charge is -2.32. The van der Waals surface area contributed by atoms with Crippen molar-refractivity contribution in [1.82, 2.24) is 15.0 Å². The van der Waals surface area contributed by atoms with E-state index >= 15 is 0 Å². The molecular formula is C41H49N5O9S2. The number of thiazole rings is 1. The van der Waals surface area contributed by atoms with Crippen LogP contribution in [0.1, 0.15) is 77.1 Å². The second-order valence-corrected chi connectivity index (χ2v) is 18.0. The number of hydrogen-bond acceptors (Lipinski definition) is 13. The Morgan fingerprint density at radius 3 is 2.37 bits per heavy atom. The molecule has 4 aromatic rings. The van der Waals surface area contributed by atoms with E-state index in [0.717, 1.165) is 23.1 Å². The van der Waals surface area contributed by atoms with E-state index in [-0.39, 0.29) is 18.0 Å². The predicted octanol–water partition coefficient (Wildman–Crippen LogP) is 7.89. The molecule has 16 heteroatoms. The van der Waals surface area contributed by atoms with Gasteiger partial charge in [-0.2, -0.15) is 8.42 Å². The summed E-state index contributed by atoms with van der Waals surface area (Å²) in [6, 6.07) is 11.7. The zero-order valence-electron chi connectivity index (χ0n) is 33.5. The summed E-state index contributed by atoms with van der Waals surface area (Å²) < 4.78 is 55.9. The second kappa shape index (κ2) is 18.6. The number of amides is 2. The van der Waals surface area contributed by atoms with Gasteiger partial charge in [-0.05, 0) is 116 Å². The molecule has 1 saturated heterocycles. The van der Waals surface area contributed by atoms with Crippen LogP contribution in [0.2, 0.25) is 0 Å². The largest absolute Gasteiger partial charge is 0.443 e. The van der Waals surface area contributed by atoms with Crippen LogP contribution in [0.5, 0.6) is 0 Å². The minimum Gasteiger partial charge on any atom is -0.443 e. The molecular weight excluding hydrogens is 771 g/mol. The second-order valence-electron chi connectivity index (χ2n) is 15.3. The van der Waals surface area contributed by atoms with Crippen molar-refractivity contribution in [2.24, 2.45) is 0 Å². The van der Waals surface area contributed by atoms with Crippen LogP contribution in [0.25, 0.3) is 16.3 Å². The van der Waals surface area contributed by atoms with Crippen LogP contribution in [0.15, 0.2) is 65.8 Å². The van der Waals surface area contributed by atoms with Crippen LogP contribution in [-0.2, 0) is 33.2 Å². The van der Waals surface area contributed by atoms with Crippen molar-refractivity contribution in [2.75, 3.05) is 36.6 Å². The third kappa shape index (κ3) is 13.1. The summed E-state index contributed by atoms with van der Waals surface area (Å²) in [5, 5.41) is 0.672. The molecule has 1 aliphatic rings. The molecule has 304 valence electrons. The molecule has 1 fully saturated rings. The smallest absolute Gasteiger partial charge is 0.415 e. The molecule has 2 aromatic heterocycles. The summed E-state index contributed by atoms with van der Waals surface area (Å²) in [6.45, 7) is 12.6. The molecule has 0 saturated carbocycles. The van der Waals surface area contributed by atoms with Gasteiger partial charge in [-0.1, -0.05) is 23.6 Å². The maximum atomic E-state index is 13.8. The number of carbonyl (C=O) groups is 2. The van der Waals surface area contributed by atoms with Gasteiger partial charge in [0, 0.05) is 19.3 Å². The standard InChI is InChI=1S/C41H49N5O9S2/c1-28-16-19-32(20-17-28)57(49,50)52-27-31(53-37-15-11-12-22-51-37)26-46(39(48)55-41(5,6)7)30-18-21-33-34(23-30)56-36(44-33)14-10-9-13-29-24-43-35(25-42-29)45(8)38(47)54-40(2,3)4/h10,14,16-21,23-25,31,37H,11-12,15,22,26-27H2,1-8H3/b14-10+. The minimum atomic E-state index is -4.13. The molecule has 0 spiro atoms. The number of nitrogens with zero attached hydrogens (tertiary/aromatic N) is 5. The summed E-state index contributed by atoms with van der Waals surface area (Å²) in [5.41, 5.74) is 1.06. The predicted molar refractivity (Wildman–Crippen MR) is 219 cm³/mol. The fourth-order valence-corrected chi connectivity index (χ4v) is 7.13. The number of rotatable bonds is 11. The number of carbonyl (C=O) groups excluding carboxylic acids is 2. The van der Waals surface area contributed by atoms with Crippen LogP contribution < -0.4 is 9.80 Å². The number of aromatic nitrogens is 3. The van der Waals surface area contributed by atoms with Gasteiger partial charge in [0.25, 0.3) is 10.1 Å². The van der Waals surface area contributed by atoms with Crippen molar-refractivity contribution < 1.29 is 41.1 Å². The normalized spacial score (nSPS) is 15.5. The van der Waals surface area contributed by atoms with Crippen LogP contribution in [0, 0.1) is 18.8 Å². The number of allylic oxidation sites excluding steroid dienone is 1. The van der Waals surface area contributed by atoms with Gasteiger partial charge >= 0.3 is 12.2 Å². The average Bonchev–Trinajstić information content (AvgIpc) is 3.56. The molecule has 0 aliphatic carbocycles. The van der Waals surface area contributed by atoms with Gasteiger partial charge in [0.15, 0.2) is 12.1 Å². The number of aryl methyl sites for hydroxylation is 1. The van der Waals surface area contributed by atoms with Crippen LogP contribution in [0.3, 0.4) is 0 Å². The third-order valence-corrected chi connectivity index (χ3v) is 10.3. The maximum Gasteiger partial charge on any atom is 0.415 e. The Bertz CT molecular complexity index is 2210. The van der Waals surface area contributed by atoms with E-state index in [1.54, 1.807) is 85.0 Å². The van der Waals surface area contributed by atoms with E-state index in [0.29, 0.717) is 40.8 Å². The van der Waals surface area contributed by atoms with Crippen molar-refractivity contribution in [2.45, 2.75) is 96.2 Å². The summed E-state index contributed by atoms with van der Waals surface area (Å²) >= 11 is 1.39. The molecule has 2 aromatic carbocycles. The Kier molecular flexibility index (Phi) is 14.1. The summed E-state index contributed by atoms with van der Waals surface area (Å²) in [7, 11) is -2.57. The Hall–Kier alpha value is -4.92. The number of ether oxygens (including phenoxy) is 4. The summed E-state index contributed by atoms with van der Waals surface area (Å²) in [6.07, 6.45) is 6.05. The fraction of sp³-hybridized carbons (Fsp3) is 0.439. The highest BCUT2D eigenvalue weighted by Crippen LogP contribution is 2.30. The molecule has 3 heterocycles. The van der Waals surface area contributed by atoms with E-state index in [4.69, 9.17) is 23.1 Å². The quantitative estimate of drug-likeness (QED) is 0.107. The van der Waals surface area contributed by atoms with Gasteiger partial charge in [-0.15, -0.1) is 11.3 Å². The summed E-state index contributed by atoms with van der Waals surface area (Å²) in [5.74, 6) is 6.18. The lowest BCUT2D eigenvalue weighted by molar-refractivity contribution is -0.190. The van der Waals surface area contributed by atoms with Crippen molar-refractivity contribution in [3.63, 3.8) is 0 Å². The Morgan fingerprint density at radius 1 is 1.00 bits per heavy atom. The maximum absolute atomic E-state index is 13.8. The van der Waals surface area contributed by atoms with Crippen molar-refractivity contribution in [1.29, 1.82) is 0 Å². The topological polar surface area (TPSA) is 160 Å². The molecule has 0 bridgehead atoms. The van der Waals surface area contributed by atoms with Gasteiger partial charge in [0.1, 0.15) is 28.0 Å². The molecule has 0 N–H and O–H groups in total. The van der Waals surface area contributed by atoms with Crippen molar-refractivity contribution in [3.8, 4) is 11.8 Å². The lowest BCUT2D eigenvalue weighted by Crippen LogP contribution is -2.45. The van der Waals surface area contributed by atoms with E-state index in [1.165, 1.54) is 45.7 Å². The highest BCUT2D eigenvalue weighted by Gasteiger charge is 2.31. The van der Waals surface area contributed by atoms with E-state index in [2.05, 4.69) is 26.8 Å². The SMILES string of the molecule is Cc1ccc(S(=O)(=O)OCC(CN(C(=O)OC(C)(C)C)c2ccc3nc(/C=C/C#Cc4cnc(N(C)C(=O)OC(C)(C)C)cn4)sc3c2)OC2CCCCO2)cc1. The number of hydrogen-bond donors (Lipinski definition) is 0. The molecule has 2 atom stereocenters. The van der Waals surface area contributed by atoms with Crippen LogP contribution in [0.4, 0.5) is 21.1 Å². The van der Waals surface area contributed by atoms with Gasteiger partial charge < -0.3 is 18.9 Å². The zero-order valence-corrected chi connectivity index (χ0v) is 35.1. The van der Waals surface area contributed by atoms with Gasteiger partial charge in [-0.3, -0.25) is 14.0 Å². The fourth-order valence-electron chi connectivity index (χ4n) is 5.29. The van der Waals surface area contributed by atoms with E-state index < -0.39 is 45.9 Å². The Morgan fingerprint density at radius 2 is 1.72 bits per heavy atom. The molecule has 5 rings (SSSR count). The number of benzene rings is 2. The lowest BCUT2D eigenvalue weighted by atomic mass is 10.2. The highest BCUT2D eigenvalue weighted by molar-refractivity contribution is 7.86. The highest BCUT2D eigenvalue weighted by atomic mass is 32.2. The first-order chi connectivity index (χ1) is 26.8. The molecule has 14 nitrogen and oxygen atoms in total. The van der Waals surface area contributed by atoms with Gasteiger partial charge in [-0.25, -0.2) is 24.5 Å². The Balaban J connectivity index is 1.34. The first kappa shape index (κ1) is 43.2. The van der Waals surface area contributed by atoms with Crippen molar-refractivity contribution in [3.05, 3.63) is 77.2 Å². The Labute approximate surface area is 338 Å². The molecule has 1 aliphatic heterocycles. The number of anilines is 2. The zero-order chi connectivity index (χ0) is 41.4. The molecule has 2 unspecified atom stereocenters. The molecule has 0 radical (unpaired) electrons.